The molecule has 0 heterocycles. The van der Waals surface area contributed by atoms with Crippen LogP contribution in [0.3, 0.4) is 0 Å². The predicted molar refractivity (Wildman–Crippen MR) is 83.3 cm³/mol. The van der Waals surface area contributed by atoms with Gasteiger partial charge in [-0.2, -0.15) is 4.89 Å². The topological polar surface area (TPSA) is 35.5 Å². The van der Waals surface area contributed by atoms with E-state index in [0.717, 1.165) is 9.79 Å². The van der Waals surface area contributed by atoms with Gasteiger partial charge in [-0.15, -0.1) is 0 Å². The summed E-state index contributed by atoms with van der Waals surface area (Å²) < 4.78 is 0. The van der Waals surface area contributed by atoms with Gasteiger partial charge in [0.1, 0.15) is 5.60 Å². The van der Waals surface area contributed by atoms with Gasteiger partial charge in [0, 0.05) is 9.79 Å². The van der Waals surface area contributed by atoms with Gasteiger partial charge in [-0.05, 0) is 45.0 Å². The molecule has 0 aliphatic rings. The molecule has 21 heavy (non-hydrogen) atoms. The van der Waals surface area contributed by atoms with E-state index in [4.69, 9.17) is 9.78 Å². The van der Waals surface area contributed by atoms with Crippen molar-refractivity contribution >= 4 is 17.7 Å². The van der Waals surface area contributed by atoms with Gasteiger partial charge in [0.2, 0.25) is 0 Å². The predicted octanol–water partition coefficient (Wildman–Crippen LogP) is 4.72. The Morgan fingerprint density at radius 2 is 1.57 bits per heavy atom. The summed E-state index contributed by atoms with van der Waals surface area (Å²) in [6.07, 6.45) is 0. The van der Waals surface area contributed by atoms with E-state index in [1.54, 1.807) is 6.07 Å². The Hall–Kier alpha value is -1.78. The van der Waals surface area contributed by atoms with Gasteiger partial charge in [-0.1, -0.05) is 42.1 Å². The molecule has 0 bridgehead atoms. The monoisotopic (exact) mass is 302 g/mol. The third-order valence-electron chi connectivity index (χ3n) is 2.45. The van der Waals surface area contributed by atoms with Crippen LogP contribution in [0.5, 0.6) is 0 Å². The first-order valence-electron chi connectivity index (χ1n) is 6.68. The first kappa shape index (κ1) is 15.6. The van der Waals surface area contributed by atoms with E-state index in [2.05, 4.69) is 0 Å². The molecule has 0 amide bonds. The molecule has 0 fully saturated rings. The smallest absolute Gasteiger partial charge is 0.292 e. The average Bonchev–Trinajstić information content (AvgIpc) is 2.46. The van der Waals surface area contributed by atoms with E-state index in [9.17, 15) is 4.79 Å². The normalized spacial score (nSPS) is 11.2. The zero-order chi connectivity index (χ0) is 15.3. The maximum atomic E-state index is 12.1. The SMILES string of the molecule is CC(C)(C)OOC(=O)c1ccccc1Sc1ccccc1. The molecule has 0 radical (unpaired) electrons. The molecule has 0 atom stereocenters. The Kier molecular flexibility index (Phi) is 5.04. The largest absolute Gasteiger partial charge is 0.374 e. The number of rotatable bonds is 4. The van der Waals surface area contributed by atoms with Crippen LogP contribution in [0, 0.1) is 0 Å². The molecule has 0 aromatic heterocycles. The Morgan fingerprint density at radius 3 is 2.24 bits per heavy atom. The van der Waals surface area contributed by atoms with E-state index >= 15 is 0 Å². The summed E-state index contributed by atoms with van der Waals surface area (Å²) in [7, 11) is 0. The van der Waals surface area contributed by atoms with Crippen LogP contribution in [-0.2, 0) is 9.78 Å². The lowest BCUT2D eigenvalue weighted by molar-refractivity contribution is -0.301. The molecule has 2 aromatic carbocycles. The summed E-state index contributed by atoms with van der Waals surface area (Å²) in [5.74, 6) is -0.482. The average molecular weight is 302 g/mol. The van der Waals surface area contributed by atoms with E-state index in [0.29, 0.717) is 5.56 Å². The quantitative estimate of drug-likeness (QED) is 0.604. The highest BCUT2D eigenvalue weighted by Crippen LogP contribution is 2.30. The second-order valence-electron chi connectivity index (χ2n) is 5.48. The molecule has 0 spiro atoms. The summed E-state index contributed by atoms with van der Waals surface area (Å²) in [6.45, 7) is 5.47. The van der Waals surface area contributed by atoms with Gasteiger partial charge in [0.15, 0.2) is 0 Å². The van der Waals surface area contributed by atoms with Crippen LogP contribution >= 0.6 is 11.8 Å². The molecule has 0 aliphatic carbocycles. The van der Waals surface area contributed by atoms with Crippen molar-refractivity contribution in [1.29, 1.82) is 0 Å². The van der Waals surface area contributed by atoms with Crippen LogP contribution < -0.4 is 0 Å². The van der Waals surface area contributed by atoms with Gasteiger partial charge < -0.3 is 0 Å². The number of benzene rings is 2. The maximum Gasteiger partial charge on any atom is 0.374 e. The highest BCUT2D eigenvalue weighted by molar-refractivity contribution is 7.99. The van der Waals surface area contributed by atoms with Crippen LogP contribution in [0.4, 0.5) is 0 Å². The Morgan fingerprint density at radius 1 is 0.952 bits per heavy atom. The molecular weight excluding hydrogens is 284 g/mol. The van der Waals surface area contributed by atoms with Gasteiger partial charge in [0.05, 0.1) is 5.56 Å². The van der Waals surface area contributed by atoms with Crippen molar-refractivity contribution < 1.29 is 14.6 Å². The van der Waals surface area contributed by atoms with Crippen molar-refractivity contribution in [2.24, 2.45) is 0 Å². The van der Waals surface area contributed by atoms with Crippen LogP contribution in [0.15, 0.2) is 64.4 Å². The van der Waals surface area contributed by atoms with Crippen molar-refractivity contribution in [2.75, 3.05) is 0 Å². The molecule has 0 saturated carbocycles. The van der Waals surface area contributed by atoms with Gasteiger partial charge >= 0.3 is 5.97 Å². The fourth-order valence-corrected chi connectivity index (χ4v) is 2.50. The lowest BCUT2D eigenvalue weighted by atomic mass is 10.2. The maximum absolute atomic E-state index is 12.1. The minimum absolute atomic E-state index is 0.482. The minimum atomic E-state index is -0.531. The second-order valence-corrected chi connectivity index (χ2v) is 6.59. The summed E-state index contributed by atoms with van der Waals surface area (Å²) >= 11 is 1.52. The molecule has 0 saturated heterocycles. The highest BCUT2D eigenvalue weighted by atomic mass is 32.2. The van der Waals surface area contributed by atoms with Crippen molar-refractivity contribution in [3.05, 3.63) is 60.2 Å². The van der Waals surface area contributed by atoms with Crippen molar-refractivity contribution in [3.63, 3.8) is 0 Å². The Balaban J connectivity index is 2.15. The van der Waals surface area contributed by atoms with Crippen LogP contribution in [-0.4, -0.2) is 11.6 Å². The van der Waals surface area contributed by atoms with Crippen LogP contribution in [0.2, 0.25) is 0 Å². The molecule has 0 N–H and O–H groups in total. The third kappa shape index (κ3) is 4.92. The minimum Gasteiger partial charge on any atom is -0.292 e. The molecule has 3 nitrogen and oxygen atoms in total. The molecular formula is C17H18O3S. The van der Waals surface area contributed by atoms with E-state index in [-0.39, 0.29) is 0 Å². The lowest BCUT2D eigenvalue weighted by Crippen LogP contribution is -2.22. The first-order chi connectivity index (χ1) is 9.96. The second kappa shape index (κ2) is 6.78. The Bertz CT molecular complexity index is 603. The van der Waals surface area contributed by atoms with Crippen molar-refractivity contribution in [2.45, 2.75) is 36.2 Å². The summed E-state index contributed by atoms with van der Waals surface area (Å²) in [5, 5.41) is 0. The highest BCUT2D eigenvalue weighted by Gasteiger charge is 2.19. The number of hydrogen-bond acceptors (Lipinski definition) is 4. The fraction of sp³-hybridized carbons (Fsp3) is 0.235. The van der Waals surface area contributed by atoms with Crippen LogP contribution in [0.1, 0.15) is 31.1 Å². The summed E-state index contributed by atoms with van der Waals surface area (Å²) in [4.78, 5) is 24.1. The lowest BCUT2D eigenvalue weighted by Gasteiger charge is -2.17. The van der Waals surface area contributed by atoms with Gasteiger partial charge in [-0.25, -0.2) is 4.79 Å². The van der Waals surface area contributed by atoms with E-state index in [1.807, 2.05) is 69.3 Å². The standard InChI is InChI=1S/C17H18O3S/c1-17(2,3)20-19-16(18)14-11-7-8-12-15(14)21-13-9-5-4-6-10-13/h4-12H,1-3H3. The number of hydrogen-bond donors (Lipinski definition) is 0. The summed E-state index contributed by atoms with van der Waals surface area (Å²) in [6, 6.07) is 17.2. The molecule has 0 aliphatic heterocycles. The zero-order valence-corrected chi connectivity index (χ0v) is 13.1. The Labute approximate surface area is 129 Å². The van der Waals surface area contributed by atoms with Crippen LogP contribution in [0.25, 0.3) is 0 Å². The zero-order valence-electron chi connectivity index (χ0n) is 12.3. The fourth-order valence-electron chi connectivity index (χ4n) is 1.55. The molecule has 2 rings (SSSR count). The number of carbonyl (C=O) groups excluding carboxylic acids is 1. The molecule has 4 heteroatoms. The van der Waals surface area contributed by atoms with Crippen molar-refractivity contribution in [1.82, 2.24) is 0 Å². The van der Waals surface area contributed by atoms with Crippen molar-refractivity contribution in [3.8, 4) is 0 Å². The summed E-state index contributed by atoms with van der Waals surface area (Å²) in [5.41, 5.74) is -0.0347. The van der Waals surface area contributed by atoms with E-state index < -0.39 is 11.6 Å². The van der Waals surface area contributed by atoms with Gasteiger partial charge in [0.25, 0.3) is 0 Å². The molecule has 0 unspecified atom stereocenters. The van der Waals surface area contributed by atoms with Gasteiger partial charge in [-0.3, -0.25) is 4.89 Å². The van der Waals surface area contributed by atoms with E-state index in [1.165, 1.54) is 11.8 Å². The number of carbonyl (C=O) groups is 1. The third-order valence-corrected chi connectivity index (χ3v) is 3.53. The first-order valence-corrected chi connectivity index (χ1v) is 7.49. The molecule has 110 valence electrons. The molecule has 2 aromatic rings.